The minimum Gasteiger partial charge on any atom is -0.385 e. The zero-order chi connectivity index (χ0) is 16.1. The molecule has 0 aromatic heterocycles. The van der Waals surface area contributed by atoms with E-state index in [1.54, 1.807) is 7.11 Å². The molecule has 0 radical (unpaired) electrons. The highest BCUT2D eigenvalue weighted by Gasteiger charge is 2.42. The van der Waals surface area contributed by atoms with Gasteiger partial charge in [0.05, 0.1) is 12.7 Å². The highest BCUT2D eigenvalue weighted by atomic mass is 127. The molecule has 3 fully saturated rings. The van der Waals surface area contributed by atoms with Gasteiger partial charge in [0.1, 0.15) is 6.10 Å². The van der Waals surface area contributed by atoms with Crippen LogP contribution in [0.25, 0.3) is 0 Å². The molecule has 2 saturated heterocycles. The number of nitrogens with one attached hydrogen (secondary N) is 1. The molecule has 3 rings (SSSR count). The number of methoxy groups -OCH3 is 1. The van der Waals surface area contributed by atoms with E-state index in [2.05, 4.69) is 15.2 Å². The van der Waals surface area contributed by atoms with Crippen LogP contribution in [0.15, 0.2) is 4.99 Å². The van der Waals surface area contributed by atoms with Gasteiger partial charge in [-0.15, -0.1) is 24.0 Å². The molecule has 140 valence electrons. The maximum absolute atomic E-state index is 5.93. The van der Waals surface area contributed by atoms with Crippen molar-refractivity contribution in [2.75, 3.05) is 53.6 Å². The zero-order valence-corrected chi connectivity index (χ0v) is 17.3. The van der Waals surface area contributed by atoms with Crippen molar-refractivity contribution in [1.29, 1.82) is 0 Å². The molecule has 2 aliphatic heterocycles. The van der Waals surface area contributed by atoms with Crippen molar-refractivity contribution in [3.63, 3.8) is 0 Å². The van der Waals surface area contributed by atoms with Crippen molar-refractivity contribution in [2.24, 2.45) is 10.4 Å². The number of guanidine groups is 1. The van der Waals surface area contributed by atoms with Gasteiger partial charge in [0, 0.05) is 47.0 Å². The van der Waals surface area contributed by atoms with Gasteiger partial charge in [0.15, 0.2) is 5.96 Å². The molecule has 0 aromatic carbocycles. The fourth-order valence-electron chi connectivity index (χ4n) is 3.60. The van der Waals surface area contributed by atoms with Gasteiger partial charge in [-0.2, -0.15) is 0 Å². The third kappa shape index (κ3) is 5.19. The summed E-state index contributed by atoms with van der Waals surface area (Å²) in [6.07, 6.45) is 6.42. The Morgan fingerprint density at radius 3 is 2.71 bits per heavy atom. The van der Waals surface area contributed by atoms with E-state index in [-0.39, 0.29) is 36.2 Å². The Hall–Kier alpha value is -0.120. The van der Waals surface area contributed by atoms with E-state index in [4.69, 9.17) is 14.2 Å². The van der Waals surface area contributed by atoms with Crippen LogP contribution < -0.4 is 5.32 Å². The van der Waals surface area contributed by atoms with Gasteiger partial charge >= 0.3 is 0 Å². The van der Waals surface area contributed by atoms with Gasteiger partial charge < -0.3 is 24.4 Å². The Labute approximate surface area is 162 Å². The number of aliphatic imine (C=N–C) groups is 1. The summed E-state index contributed by atoms with van der Waals surface area (Å²) in [6, 6.07) is 0. The van der Waals surface area contributed by atoms with E-state index in [1.165, 1.54) is 12.8 Å². The predicted molar refractivity (Wildman–Crippen MR) is 105 cm³/mol. The maximum atomic E-state index is 5.93. The summed E-state index contributed by atoms with van der Waals surface area (Å²) in [5.41, 5.74) is 0.423. The molecular formula is C17H32IN3O3. The molecule has 1 aliphatic carbocycles. The van der Waals surface area contributed by atoms with Crippen LogP contribution in [-0.4, -0.2) is 76.7 Å². The van der Waals surface area contributed by atoms with Crippen molar-refractivity contribution in [1.82, 2.24) is 10.2 Å². The first-order valence-electron chi connectivity index (χ1n) is 8.94. The largest absolute Gasteiger partial charge is 0.385 e. The summed E-state index contributed by atoms with van der Waals surface area (Å²) in [4.78, 5) is 6.81. The lowest BCUT2D eigenvalue weighted by atomic mass is 10.0. The quantitative estimate of drug-likeness (QED) is 0.378. The Morgan fingerprint density at radius 2 is 2.08 bits per heavy atom. The van der Waals surface area contributed by atoms with Gasteiger partial charge in [0.2, 0.25) is 0 Å². The highest BCUT2D eigenvalue weighted by molar-refractivity contribution is 14.0. The SMILES string of the molecule is CN=C(NCC1(CCOC)CC1)N1CCOC(C2CCCO2)C1.I. The van der Waals surface area contributed by atoms with Crippen LogP contribution in [0.1, 0.15) is 32.1 Å². The molecule has 0 bridgehead atoms. The van der Waals surface area contributed by atoms with Crippen LogP contribution in [0.5, 0.6) is 0 Å². The first kappa shape index (κ1) is 20.2. The first-order valence-corrected chi connectivity index (χ1v) is 8.94. The standard InChI is InChI=1S/C17H31N3O3.HI/c1-18-16(19-13-17(5-6-17)7-10-21-2)20-8-11-23-15(12-20)14-4-3-9-22-14;/h14-15H,3-13H2,1-2H3,(H,18,19);1H. The molecule has 2 heterocycles. The second-order valence-corrected chi connectivity index (χ2v) is 7.05. The molecule has 2 unspecified atom stereocenters. The van der Waals surface area contributed by atoms with Gasteiger partial charge in [-0.3, -0.25) is 4.99 Å². The number of hydrogen-bond acceptors (Lipinski definition) is 4. The summed E-state index contributed by atoms with van der Waals surface area (Å²) >= 11 is 0. The normalized spacial score (nSPS) is 29.2. The number of nitrogens with zero attached hydrogens (tertiary/aromatic N) is 2. The van der Waals surface area contributed by atoms with Gasteiger partial charge in [-0.1, -0.05) is 0 Å². The lowest BCUT2D eigenvalue weighted by molar-refractivity contribution is -0.0817. The number of halogens is 1. The fraction of sp³-hybridized carbons (Fsp3) is 0.941. The zero-order valence-electron chi connectivity index (χ0n) is 15.0. The fourth-order valence-corrected chi connectivity index (χ4v) is 3.60. The Bertz CT molecular complexity index is 412. The molecule has 2 atom stereocenters. The van der Waals surface area contributed by atoms with Crippen molar-refractivity contribution >= 4 is 29.9 Å². The van der Waals surface area contributed by atoms with Crippen molar-refractivity contribution < 1.29 is 14.2 Å². The molecule has 3 aliphatic rings. The molecule has 0 aromatic rings. The molecule has 24 heavy (non-hydrogen) atoms. The average Bonchev–Trinajstić information content (AvgIpc) is 3.14. The summed E-state index contributed by atoms with van der Waals surface area (Å²) in [5, 5.41) is 3.59. The molecule has 7 heteroatoms. The second kappa shape index (κ2) is 9.54. The summed E-state index contributed by atoms with van der Waals surface area (Å²) in [6.45, 7) is 5.23. The van der Waals surface area contributed by atoms with E-state index in [1.807, 2.05) is 7.05 Å². The predicted octanol–water partition coefficient (Wildman–Crippen LogP) is 1.88. The summed E-state index contributed by atoms with van der Waals surface area (Å²) in [7, 11) is 3.65. The number of morpholine rings is 1. The van der Waals surface area contributed by atoms with Gasteiger partial charge in [0.25, 0.3) is 0 Å². The Balaban J connectivity index is 0.00000208. The maximum Gasteiger partial charge on any atom is 0.193 e. The van der Waals surface area contributed by atoms with E-state index in [9.17, 15) is 0 Å². The average molecular weight is 453 g/mol. The van der Waals surface area contributed by atoms with Gasteiger partial charge in [-0.25, -0.2) is 0 Å². The molecule has 0 spiro atoms. The second-order valence-electron chi connectivity index (χ2n) is 7.05. The Morgan fingerprint density at radius 1 is 1.29 bits per heavy atom. The number of hydrogen-bond donors (Lipinski definition) is 1. The van der Waals surface area contributed by atoms with Crippen LogP contribution in [-0.2, 0) is 14.2 Å². The van der Waals surface area contributed by atoms with E-state index in [0.29, 0.717) is 5.41 Å². The highest BCUT2D eigenvalue weighted by Crippen LogP contribution is 2.48. The van der Waals surface area contributed by atoms with Crippen LogP contribution in [0.3, 0.4) is 0 Å². The van der Waals surface area contributed by atoms with Crippen molar-refractivity contribution in [3.8, 4) is 0 Å². The monoisotopic (exact) mass is 453 g/mol. The van der Waals surface area contributed by atoms with Gasteiger partial charge in [-0.05, 0) is 37.5 Å². The van der Waals surface area contributed by atoms with E-state index < -0.39 is 0 Å². The van der Waals surface area contributed by atoms with Crippen LogP contribution >= 0.6 is 24.0 Å². The number of ether oxygens (including phenoxy) is 3. The van der Waals surface area contributed by atoms with Crippen LogP contribution in [0.4, 0.5) is 0 Å². The Kier molecular flexibility index (Phi) is 8.03. The van der Waals surface area contributed by atoms with Crippen molar-refractivity contribution in [3.05, 3.63) is 0 Å². The minimum atomic E-state index is 0. The van der Waals surface area contributed by atoms with E-state index in [0.717, 1.165) is 64.7 Å². The topological polar surface area (TPSA) is 55.3 Å². The van der Waals surface area contributed by atoms with Crippen molar-refractivity contribution in [2.45, 2.75) is 44.3 Å². The first-order chi connectivity index (χ1) is 11.3. The molecular weight excluding hydrogens is 421 g/mol. The lowest BCUT2D eigenvalue weighted by Gasteiger charge is -2.37. The lowest BCUT2D eigenvalue weighted by Crippen LogP contribution is -2.54. The van der Waals surface area contributed by atoms with E-state index >= 15 is 0 Å². The summed E-state index contributed by atoms with van der Waals surface area (Å²) < 4.78 is 17.0. The number of rotatable bonds is 6. The summed E-state index contributed by atoms with van der Waals surface area (Å²) in [5.74, 6) is 1.000. The van der Waals surface area contributed by atoms with Crippen LogP contribution in [0.2, 0.25) is 0 Å². The minimum absolute atomic E-state index is 0. The molecule has 6 nitrogen and oxygen atoms in total. The third-order valence-corrected chi connectivity index (χ3v) is 5.40. The van der Waals surface area contributed by atoms with Crippen LogP contribution in [0, 0.1) is 5.41 Å². The third-order valence-electron chi connectivity index (χ3n) is 5.40. The molecule has 0 amide bonds. The smallest absolute Gasteiger partial charge is 0.193 e. The molecule has 1 N–H and O–H groups in total. The molecule has 1 saturated carbocycles.